The van der Waals surface area contributed by atoms with Gasteiger partial charge < -0.3 is 14.4 Å². The summed E-state index contributed by atoms with van der Waals surface area (Å²) in [5.41, 5.74) is 3.90. The van der Waals surface area contributed by atoms with Crippen molar-refractivity contribution in [1.82, 2.24) is 15.0 Å². The molecule has 3 aromatic heterocycles. The van der Waals surface area contributed by atoms with Gasteiger partial charge in [-0.05, 0) is 25.0 Å². The Bertz CT molecular complexity index is 1240. The first-order valence-electron chi connectivity index (χ1n) is 10.5. The lowest BCUT2D eigenvalue weighted by Crippen LogP contribution is -2.37. The fourth-order valence-corrected chi connectivity index (χ4v) is 5.48. The van der Waals surface area contributed by atoms with Crippen LogP contribution in [0.1, 0.15) is 23.8 Å². The Hall–Kier alpha value is -2.50. The number of sulfonamides is 1. The lowest BCUT2D eigenvalue weighted by molar-refractivity contribution is 0.122. The van der Waals surface area contributed by atoms with Crippen LogP contribution in [-0.2, 0) is 21.2 Å². The molecule has 0 bridgehead atoms. The first-order chi connectivity index (χ1) is 15.3. The smallest absolute Gasteiger partial charge is 0.238 e. The summed E-state index contributed by atoms with van der Waals surface area (Å²) in [6, 6.07) is 1.71. The number of aromatic nitrogens is 3. The van der Waals surface area contributed by atoms with Gasteiger partial charge in [0.25, 0.3) is 0 Å². The second kappa shape index (κ2) is 9.16. The normalized spacial score (nSPS) is 14.7. The van der Waals surface area contributed by atoms with E-state index in [9.17, 15) is 8.42 Å². The highest BCUT2D eigenvalue weighted by Crippen LogP contribution is 2.39. The van der Waals surface area contributed by atoms with Crippen LogP contribution in [0.25, 0.3) is 21.5 Å². The molecule has 0 aliphatic carbocycles. The van der Waals surface area contributed by atoms with Crippen molar-refractivity contribution in [2.24, 2.45) is 0 Å². The number of thiophene rings is 1. The largest absolute Gasteiger partial charge is 0.480 e. The zero-order chi connectivity index (χ0) is 22.9. The number of nitrogens with zero attached hydrogens (tertiary/aromatic N) is 4. The van der Waals surface area contributed by atoms with E-state index in [1.165, 1.54) is 17.6 Å². The predicted octanol–water partition coefficient (Wildman–Crippen LogP) is 3.23. The number of hydrogen-bond donors (Lipinski definition) is 1. The van der Waals surface area contributed by atoms with Crippen molar-refractivity contribution in [1.29, 1.82) is 0 Å². The number of pyridine rings is 1. The van der Waals surface area contributed by atoms with Gasteiger partial charge in [0, 0.05) is 29.7 Å². The summed E-state index contributed by atoms with van der Waals surface area (Å²) >= 11 is 1.66. The average Bonchev–Trinajstić information content (AvgIpc) is 3.08. The van der Waals surface area contributed by atoms with Gasteiger partial charge in [-0.1, -0.05) is 13.3 Å². The maximum absolute atomic E-state index is 11.9. The standard InChI is InChI=1S/C21H27N5O4S2/c1-5-6-15-13(2)31-19-17(23-21(24-18(15)19)26-7-9-30-10-8-26)14-11-16(25-32(4,27)28)20(29-3)22-12-14/h11-12,25H,5-10H2,1-4H3. The Morgan fingerprint density at radius 3 is 2.69 bits per heavy atom. The molecule has 4 heterocycles. The summed E-state index contributed by atoms with van der Waals surface area (Å²) in [5, 5.41) is 0. The lowest BCUT2D eigenvalue weighted by Gasteiger charge is -2.27. The number of hydrogen-bond acceptors (Lipinski definition) is 9. The first kappa shape index (κ1) is 22.7. The zero-order valence-electron chi connectivity index (χ0n) is 18.6. The van der Waals surface area contributed by atoms with Crippen molar-refractivity contribution < 1.29 is 17.9 Å². The third-order valence-electron chi connectivity index (χ3n) is 5.23. The summed E-state index contributed by atoms with van der Waals surface area (Å²) in [5.74, 6) is 0.853. The summed E-state index contributed by atoms with van der Waals surface area (Å²) in [6.07, 6.45) is 4.71. The van der Waals surface area contributed by atoms with Gasteiger partial charge in [0.1, 0.15) is 5.69 Å². The van der Waals surface area contributed by atoms with Crippen LogP contribution in [0.15, 0.2) is 12.3 Å². The maximum Gasteiger partial charge on any atom is 0.238 e. The fourth-order valence-electron chi connectivity index (χ4n) is 3.78. The molecule has 0 unspecified atom stereocenters. The molecular weight excluding hydrogens is 450 g/mol. The topological polar surface area (TPSA) is 107 Å². The molecule has 1 aliphatic rings. The van der Waals surface area contributed by atoms with Crippen LogP contribution >= 0.6 is 11.3 Å². The van der Waals surface area contributed by atoms with Crippen LogP contribution in [0.2, 0.25) is 0 Å². The van der Waals surface area contributed by atoms with Gasteiger partial charge in [0.05, 0.1) is 42.5 Å². The van der Waals surface area contributed by atoms with Gasteiger partial charge in [-0.15, -0.1) is 11.3 Å². The molecule has 9 nitrogen and oxygen atoms in total. The third-order valence-corrected chi connectivity index (χ3v) is 6.96. The minimum Gasteiger partial charge on any atom is -0.480 e. The molecular formula is C21H27N5O4S2. The molecule has 0 spiro atoms. The molecule has 1 fully saturated rings. The van der Waals surface area contributed by atoms with Crippen LogP contribution < -0.4 is 14.4 Å². The van der Waals surface area contributed by atoms with E-state index in [-0.39, 0.29) is 11.6 Å². The van der Waals surface area contributed by atoms with Gasteiger partial charge in [-0.2, -0.15) is 0 Å². The summed E-state index contributed by atoms with van der Waals surface area (Å²) in [7, 11) is -2.06. The van der Waals surface area contributed by atoms with E-state index in [0.717, 1.165) is 48.1 Å². The molecule has 1 N–H and O–H groups in total. The highest BCUT2D eigenvalue weighted by molar-refractivity contribution is 7.92. The minimum absolute atomic E-state index is 0.201. The van der Waals surface area contributed by atoms with Gasteiger partial charge >= 0.3 is 0 Å². The third kappa shape index (κ3) is 4.64. The Morgan fingerprint density at radius 1 is 1.28 bits per heavy atom. The SMILES string of the molecule is CCCc1c(C)sc2c(-c3cnc(OC)c(NS(C)(=O)=O)c3)nc(N3CCOCC3)nc12. The molecule has 4 rings (SSSR count). The van der Waals surface area contributed by atoms with Crippen molar-refractivity contribution in [3.63, 3.8) is 0 Å². The summed E-state index contributed by atoms with van der Waals surface area (Å²) < 4.78 is 38.0. The second-order valence-corrected chi connectivity index (χ2v) is 10.7. The molecule has 0 atom stereocenters. The van der Waals surface area contributed by atoms with E-state index < -0.39 is 10.0 Å². The highest BCUT2D eigenvalue weighted by atomic mass is 32.2. The summed E-state index contributed by atoms with van der Waals surface area (Å²) in [6.45, 7) is 6.97. The van der Waals surface area contributed by atoms with Gasteiger partial charge in [-0.25, -0.2) is 23.4 Å². The molecule has 0 amide bonds. The molecule has 32 heavy (non-hydrogen) atoms. The van der Waals surface area contributed by atoms with Crippen molar-refractivity contribution in [2.45, 2.75) is 26.7 Å². The molecule has 0 radical (unpaired) electrons. The molecule has 0 aromatic carbocycles. The number of fused-ring (bicyclic) bond motifs is 1. The molecule has 172 valence electrons. The van der Waals surface area contributed by atoms with Crippen LogP contribution in [-0.4, -0.2) is 63.0 Å². The van der Waals surface area contributed by atoms with Crippen LogP contribution in [0, 0.1) is 6.92 Å². The number of rotatable bonds is 7. The molecule has 0 saturated carbocycles. The van der Waals surface area contributed by atoms with E-state index in [2.05, 4.69) is 28.5 Å². The fraction of sp³-hybridized carbons (Fsp3) is 0.476. The van der Waals surface area contributed by atoms with E-state index in [1.54, 1.807) is 23.6 Å². The Kier molecular flexibility index (Phi) is 6.50. The lowest BCUT2D eigenvalue weighted by atomic mass is 10.1. The van der Waals surface area contributed by atoms with Gasteiger partial charge in [0.15, 0.2) is 0 Å². The van der Waals surface area contributed by atoms with Crippen molar-refractivity contribution in [3.05, 3.63) is 22.7 Å². The monoisotopic (exact) mass is 477 g/mol. The van der Waals surface area contributed by atoms with Crippen LogP contribution in [0.3, 0.4) is 0 Å². The van der Waals surface area contributed by atoms with Crippen molar-refractivity contribution in [3.8, 4) is 17.1 Å². The number of aryl methyl sites for hydroxylation is 2. The van der Waals surface area contributed by atoms with Gasteiger partial charge in [0.2, 0.25) is 21.9 Å². The van der Waals surface area contributed by atoms with E-state index in [0.29, 0.717) is 24.7 Å². The number of methoxy groups -OCH3 is 1. The number of morpholine rings is 1. The molecule has 1 saturated heterocycles. The Labute approximate surface area is 191 Å². The highest BCUT2D eigenvalue weighted by Gasteiger charge is 2.22. The van der Waals surface area contributed by atoms with Crippen molar-refractivity contribution in [2.75, 3.05) is 49.3 Å². The number of ether oxygens (including phenoxy) is 2. The van der Waals surface area contributed by atoms with E-state index in [4.69, 9.17) is 19.4 Å². The van der Waals surface area contributed by atoms with E-state index >= 15 is 0 Å². The summed E-state index contributed by atoms with van der Waals surface area (Å²) in [4.78, 5) is 17.5. The molecule has 1 aliphatic heterocycles. The van der Waals surface area contributed by atoms with Crippen molar-refractivity contribution >= 4 is 43.2 Å². The first-order valence-corrected chi connectivity index (χ1v) is 13.2. The Balaban J connectivity index is 1.92. The van der Waals surface area contributed by atoms with Crippen LogP contribution in [0.5, 0.6) is 5.88 Å². The minimum atomic E-state index is -3.51. The maximum atomic E-state index is 11.9. The second-order valence-electron chi connectivity index (χ2n) is 7.69. The molecule has 3 aromatic rings. The number of nitrogens with one attached hydrogen (secondary N) is 1. The zero-order valence-corrected chi connectivity index (χ0v) is 20.3. The van der Waals surface area contributed by atoms with E-state index in [1.807, 2.05) is 0 Å². The number of anilines is 2. The van der Waals surface area contributed by atoms with Crippen LogP contribution in [0.4, 0.5) is 11.6 Å². The molecule has 11 heteroatoms. The predicted molar refractivity (Wildman–Crippen MR) is 127 cm³/mol. The average molecular weight is 478 g/mol. The Morgan fingerprint density at radius 2 is 2.03 bits per heavy atom. The quantitative estimate of drug-likeness (QED) is 0.553. The van der Waals surface area contributed by atoms with Gasteiger partial charge in [-0.3, -0.25) is 4.72 Å².